The zero-order chi connectivity index (χ0) is 12.6. The van der Waals surface area contributed by atoms with Gasteiger partial charge in [-0.1, -0.05) is 22.9 Å². The Hall–Kier alpha value is -0.420. The number of aromatic nitrogens is 3. The first-order valence-electron chi connectivity index (χ1n) is 6.23. The lowest BCUT2D eigenvalue weighted by Crippen LogP contribution is -2.20. The first-order valence-corrected chi connectivity index (χ1v) is 7.35. The summed E-state index contributed by atoms with van der Waals surface area (Å²) in [6.45, 7) is 9.55. The predicted molar refractivity (Wildman–Crippen MR) is 70.2 cm³/mol. The van der Waals surface area contributed by atoms with Crippen molar-refractivity contribution in [2.45, 2.75) is 57.7 Å². The molecule has 0 radical (unpaired) electrons. The van der Waals surface area contributed by atoms with Gasteiger partial charge in [0.1, 0.15) is 11.6 Å². The molecule has 17 heavy (non-hydrogen) atoms. The Balaban J connectivity index is 2.36. The molecule has 2 rings (SSSR count). The molecule has 0 saturated carbocycles. The highest BCUT2D eigenvalue weighted by molar-refractivity contribution is 9.08. The van der Waals surface area contributed by atoms with Crippen molar-refractivity contribution in [3.8, 4) is 0 Å². The van der Waals surface area contributed by atoms with Crippen molar-refractivity contribution in [2.24, 2.45) is 5.92 Å². The first-order chi connectivity index (χ1) is 8.10. The van der Waals surface area contributed by atoms with Crippen molar-refractivity contribution < 1.29 is 4.74 Å². The van der Waals surface area contributed by atoms with Crippen LogP contribution in [0.1, 0.15) is 45.3 Å². The van der Waals surface area contributed by atoms with Gasteiger partial charge in [-0.2, -0.15) is 0 Å². The van der Waals surface area contributed by atoms with Crippen molar-refractivity contribution in [1.29, 1.82) is 0 Å². The SMILES string of the molecule is CCn1c(CBr)nnc1C1C(C)OC(C)C1C. The Kier molecular flexibility index (Phi) is 3.88. The maximum absolute atomic E-state index is 5.89. The average molecular weight is 302 g/mol. The van der Waals surface area contributed by atoms with E-state index in [9.17, 15) is 0 Å². The van der Waals surface area contributed by atoms with Crippen molar-refractivity contribution >= 4 is 15.9 Å². The van der Waals surface area contributed by atoms with E-state index in [2.05, 4.69) is 58.4 Å². The largest absolute Gasteiger partial charge is 0.374 e. The van der Waals surface area contributed by atoms with Crippen LogP contribution < -0.4 is 0 Å². The Morgan fingerprint density at radius 1 is 1.24 bits per heavy atom. The van der Waals surface area contributed by atoms with Gasteiger partial charge in [0, 0.05) is 6.54 Å². The lowest BCUT2D eigenvalue weighted by atomic mass is 9.89. The van der Waals surface area contributed by atoms with Crippen LogP contribution in [0.3, 0.4) is 0 Å². The van der Waals surface area contributed by atoms with Crippen LogP contribution in [0.25, 0.3) is 0 Å². The molecule has 1 aliphatic heterocycles. The molecule has 5 heteroatoms. The average Bonchev–Trinajstić information content (AvgIpc) is 2.81. The van der Waals surface area contributed by atoms with Crippen LogP contribution in [0.5, 0.6) is 0 Å². The number of hydrogen-bond acceptors (Lipinski definition) is 3. The Morgan fingerprint density at radius 2 is 1.94 bits per heavy atom. The van der Waals surface area contributed by atoms with E-state index < -0.39 is 0 Å². The monoisotopic (exact) mass is 301 g/mol. The quantitative estimate of drug-likeness (QED) is 0.806. The maximum Gasteiger partial charge on any atom is 0.143 e. The van der Waals surface area contributed by atoms with Crippen molar-refractivity contribution in [2.75, 3.05) is 0 Å². The highest BCUT2D eigenvalue weighted by atomic mass is 79.9. The second kappa shape index (κ2) is 5.06. The molecule has 0 N–H and O–H groups in total. The summed E-state index contributed by atoms with van der Waals surface area (Å²) >= 11 is 3.46. The number of rotatable bonds is 3. The van der Waals surface area contributed by atoms with Crippen LogP contribution in [-0.4, -0.2) is 27.0 Å². The van der Waals surface area contributed by atoms with Gasteiger partial charge in [-0.3, -0.25) is 0 Å². The summed E-state index contributed by atoms with van der Waals surface area (Å²) in [6, 6.07) is 0. The summed E-state index contributed by atoms with van der Waals surface area (Å²) in [4.78, 5) is 0. The second-order valence-electron chi connectivity index (χ2n) is 4.78. The van der Waals surface area contributed by atoms with Gasteiger partial charge < -0.3 is 9.30 Å². The van der Waals surface area contributed by atoms with Crippen LogP contribution in [0.2, 0.25) is 0 Å². The van der Waals surface area contributed by atoms with E-state index in [0.717, 1.165) is 23.5 Å². The fraction of sp³-hybridized carbons (Fsp3) is 0.833. The zero-order valence-corrected chi connectivity index (χ0v) is 12.4. The molecule has 0 spiro atoms. The van der Waals surface area contributed by atoms with E-state index in [0.29, 0.717) is 17.9 Å². The van der Waals surface area contributed by atoms with E-state index in [1.54, 1.807) is 0 Å². The molecule has 1 fully saturated rings. The maximum atomic E-state index is 5.89. The Morgan fingerprint density at radius 3 is 2.41 bits per heavy atom. The summed E-state index contributed by atoms with van der Waals surface area (Å²) in [5.74, 6) is 2.92. The van der Waals surface area contributed by atoms with E-state index in [1.807, 2.05) is 0 Å². The molecule has 4 atom stereocenters. The fourth-order valence-electron chi connectivity index (χ4n) is 2.75. The summed E-state index contributed by atoms with van der Waals surface area (Å²) in [7, 11) is 0. The van der Waals surface area contributed by atoms with Crippen molar-refractivity contribution in [1.82, 2.24) is 14.8 Å². The lowest BCUT2D eigenvalue weighted by molar-refractivity contribution is 0.0551. The highest BCUT2D eigenvalue weighted by Crippen LogP contribution is 2.39. The number of ether oxygens (including phenoxy) is 1. The minimum Gasteiger partial charge on any atom is -0.374 e. The Labute approximate surface area is 111 Å². The van der Waals surface area contributed by atoms with E-state index in [-0.39, 0.29) is 6.10 Å². The van der Waals surface area contributed by atoms with Gasteiger partial charge in [-0.05, 0) is 26.7 Å². The smallest absolute Gasteiger partial charge is 0.143 e. The van der Waals surface area contributed by atoms with Gasteiger partial charge in [0.2, 0.25) is 0 Å². The molecule has 1 aromatic rings. The molecule has 4 unspecified atom stereocenters. The molecule has 0 bridgehead atoms. The van der Waals surface area contributed by atoms with Crippen LogP contribution >= 0.6 is 15.9 Å². The summed E-state index contributed by atoms with van der Waals surface area (Å²) in [5, 5.41) is 9.38. The minimum absolute atomic E-state index is 0.220. The third-order valence-corrected chi connectivity index (χ3v) is 4.33. The molecule has 1 saturated heterocycles. The summed E-state index contributed by atoms with van der Waals surface area (Å²) in [5.41, 5.74) is 0. The van der Waals surface area contributed by atoms with Crippen molar-refractivity contribution in [3.05, 3.63) is 11.6 Å². The zero-order valence-electron chi connectivity index (χ0n) is 10.9. The first kappa shape index (κ1) is 13.0. The summed E-state index contributed by atoms with van der Waals surface area (Å²) < 4.78 is 8.09. The Bertz CT molecular complexity index is 393. The van der Waals surface area contributed by atoms with Crippen LogP contribution in [0, 0.1) is 5.92 Å². The third-order valence-electron chi connectivity index (χ3n) is 3.83. The van der Waals surface area contributed by atoms with Crippen LogP contribution in [0.4, 0.5) is 0 Å². The molecule has 4 nitrogen and oxygen atoms in total. The molecule has 0 amide bonds. The molecule has 2 heterocycles. The fourth-order valence-corrected chi connectivity index (χ4v) is 3.17. The molecule has 1 aliphatic rings. The van der Waals surface area contributed by atoms with E-state index in [4.69, 9.17) is 4.74 Å². The minimum atomic E-state index is 0.220. The molecule has 1 aromatic heterocycles. The molecule has 0 aromatic carbocycles. The van der Waals surface area contributed by atoms with Crippen molar-refractivity contribution in [3.63, 3.8) is 0 Å². The summed E-state index contributed by atoms with van der Waals surface area (Å²) in [6.07, 6.45) is 0.516. The topological polar surface area (TPSA) is 39.9 Å². The normalized spacial score (nSPS) is 33.2. The lowest BCUT2D eigenvalue weighted by Gasteiger charge is -2.18. The molecular weight excluding hydrogens is 282 g/mol. The number of halogens is 1. The molecule has 0 aliphatic carbocycles. The second-order valence-corrected chi connectivity index (χ2v) is 5.34. The number of alkyl halides is 1. The van der Waals surface area contributed by atoms with Gasteiger partial charge >= 0.3 is 0 Å². The standard InChI is InChI=1S/C12H20BrN3O/c1-5-16-10(6-13)14-15-12(16)11-7(2)8(3)17-9(11)4/h7-9,11H,5-6H2,1-4H3. The number of hydrogen-bond donors (Lipinski definition) is 0. The van der Waals surface area contributed by atoms with Crippen LogP contribution in [-0.2, 0) is 16.6 Å². The highest BCUT2D eigenvalue weighted by Gasteiger charge is 2.40. The van der Waals surface area contributed by atoms with E-state index in [1.165, 1.54) is 0 Å². The van der Waals surface area contributed by atoms with Gasteiger partial charge in [0.05, 0.1) is 23.5 Å². The predicted octanol–water partition coefficient (Wildman–Crippen LogP) is 2.72. The van der Waals surface area contributed by atoms with Crippen LogP contribution in [0.15, 0.2) is 0 Å². The van der Waals surface area contributed by atoms with Gasteiger partial charge in [0.15, 0.2) is 0 Å². The third kappa shape index (κ3) is 2.15. The van der Waals surface area contributed by atoms with Gasteiger partial charge in [0.25, 0.3) is 0 Å². The molecule has 96 valence electrons. The molecular formula is C12H20BrN3O. The number of nitrogens with zero attached hydrogens (tertiary/aromatic N) is 3. The van der Waals surface area contributed by atoms with Gasteiger partial charge in [-0.15, -0.1) is 10.2 Å². The van der Waals surface area contributed by atoms with E-state index >= 15 is 0 Å². The van der Waals surface area contributed by atoms with Gasteiger partial charge in [-0.25, -0.2) is 0 Å².